The molecule has 14 unspecified atom stereocenters. The normalized spacial score (nSPS) is 31.1. The predicted octanol–water partition coefficient (Wildman–Crippen LogP) is 7.44. The summed E-state index contributed by atoms with van der Waals surface area (Å²) in [7, 11) is 11.2. The Morgan fingerprint density at radius 3 is 1.91 bits per heavy atom. The topological polar surface area (TPSA) is 192 Å². The molecule has 15 heteroatoms. The van der Waals surface area contributed by atoms with Crippen molar-refractivity contribution in [2.75, 3.05) is 49.8 Å². The van der Waals surface area contributed by atoms with E-state index < -0.39 is 72.5 Å². The molecule has 382 valence electrons. The van der Waals surface area contributed by atoms with Gasteiger partial charge in [-0.05, 0) is 44.1 Å². The van der Waals surface area contributed by atoms with Crippen molar-refractivity contribution in [3.05, 3.63) is 59.8 Å². The summed E-state index contributed by atoms with van der Waals surface area (Å²) in [6.45, 7) is 13.6. The van der Waals surface area contributed by atoms with Crippen LogP contribution in [0.15, 0.2) is 59.8 Å². The Kier molecular flexibility index (Phi) is 27.4. The van der Waals surface area contributed by atoms with E-state index in [-0.39, 0.29) is 73.5 Å². The minimum Gasteiger partial charge on any atom is -0.481 e. The monoisotopic (exact) mass is 949 g/mol. The summed E-state index contributed by atoms with van der Waals surface area (Å²) in [6, 6.07) is 0. The molecule has 0 amide bonds. The van der Waals surface area contributed by atoms with Gasteiger partial charge in [-0.3, -0.25) is 9.59 Å². The maximum absolute atomic E-state index is 13.7. The number of allylic oxidation sites excluding steroid dienone is 2. The van der Waals surface area contributed by atoms with E-state index >= 15 is 0 Å². The van der Waals surface area contributed by atoms with Crippen LogP contribution in [0, 0.1) is 35.5 Å². The van der Waals surface area contributed by atoms with E-state index in [1.165, 1.54) is 19.3 Å². The molecule has 2 aliphatic heterocycles. The molecule has 0 saturated carbocycles. The number of aliphatic hydroxyl groups excluding tert-OH is 1. The quantitative estimate of drug-likeness (QED) is 0.102. The molecule has 2 aliphatic rings. The molecule has 16 atom stereocenters. The van der Waals surface area contributed by atoms with Crippen LogP contribution in [0.2, 0.25) is 0 Å². The molecule has 0 radical (unpaired) electrons. The highest BCUT2D eigenvalue weighted by Crippen LogP contribution is 2.33. The lowest BCUT2D eigenvalue weighted by molar-refractivity contribution is -0.160. The van der Waals surface area contributed by atoms with E-state index in [0.29, 0.717) is 31.3 Å². The zero-order valence-corrected chi connectivity index (χ0v) is 42.7. The Hall–Kier alpha value is -3.54. The number of fused-ring (bicyclic) bond motifs is 2. The third kappa shape index (κ3) is 19.4. The van der Waals surface area contributed by atoms with E-state index in [1.54, 1.807) is 61.7 Å². The minimum atomic E-state index is -1.09. The summed E-state index contributed by atoms with van der Waals surface area (Å²) in [5, 5.41) is 20.8. The number of esters is 2. The van der Waals surface area contributed by atoms with Crippen molar-refractivity contribution in [1.29, 1.82) is 0 Å². The molecule has 0 aliphatic carbocycles. The first-order valence-corrected chi connectivity index (χ1v) is 23.7. The summed E-state index contributed by atoms with van der Waals surface area (Å²) >= 11 is 0. The van der Waals surface area contributed by atoms with Crippen molar-refractivity contribution < 1.29 is 72.0 Å². The van der Waals surface area contributed by atoms with Gasteiger partial charge in [0.1, 0.15) is 24.1 Å². The van der Waals surface area contributed by atoms with Gasteiger partial charge in [0.05, 0.1) is 42.7 Å². The van der Waals surface area contributed by atoms with Gasteiger partial charge in [-0.1, -0.05) is 83.6 Å². The van der Waals surface area contributed by atoms with Gasteiger partial charge in [-0.15, -0.1) is 0 Å². The lowest BCUT2D eigenvalue weighted by Crippen LogP contribution is -2.46. The molecular weight excluding hydrogens is 865 g/mol. The second kappa shape index (κ2) is 30.8. The van der Waals surface area contributed by atoms with E-state index in [2.05, 4.69) is 6.92 Å². The van der Waals surface area contributed by atoms with Gasteiger partial charge >= 0.3 is 17.9 Å². The van der Waals surface area contributed by atoms with Gasteiger partial charge in [-0.2, -0.15) is 0 Å². The average molecular weight is 949 g/mol. The standard InChI is InChI=1S/C52H84O15/c1-31-16-15-17-47(56)66-51(37(7)50(65-14)33(3)20-23-42(53)35(5)43(62-11)24-25-46(54)55)34(4)19-22-39(59-8)29-44(63-12)32(2)18-21-40(60-9)30-45(64-13)36(6)52-49(58)38(28-48(57)67-52)27-41(26-31)61-10/h15-19,21-22,28,32-37,39-41,43-45,49-52,58H,20,23-27,29-30H2,1-14H3,(H,54,55)/t32?,33?,34?,35?,36?,37?,39?,40?,41?,43?,44?,45?,49-,50?,51?,52-/m0/s1. The SMILES string of the molecule is COC1C=CC(C)C(C(C)C(OC)C(C)CCC(=O)C(C)C(CCC(=O)O)OC)OC(=O)C=CC=C(C)CC(OC)CC2=CC(=O)O[C@@H](C(C)C(OC)CC(OC)C=CC(C)C(OC)C1)[C@H]2O. The minimum absolute atomic E-state index is 0.0231. The first-order chi connectivity index (χ1) is 31.8. The molecule has 2 rings (SSSR count). The van der Waals surface area contributed by atoms with Crippen LogP contribution in [0.25, 0.3) is 0 Å². The second-order valence-electron chi connectivity index (χ2n) is 18.6. The Labute approximate surface area is 400 Å². The van der Waals surface area contributed by atoms with Crippen LogP contribution in [0.3, 0.4) is 0 Å². The maximum atomic E-state index is 13.7. The van der Waals surface area contributed by atoms with Crippen molar-refractivity contribution in [2.45, 2.75) is 161 Å². The molecule has 0 saturated heterocycles. The van der Waals surface area contributed by atoms with E-state index in [4.69, 9.17) is 47.7 Å². The molecule has 0 aromatic carbocycles. The largest absolute Gasteiger partial charge is 0.481 e. The summed E-state index contributed by atoms with van der Waals surface area (Å²) < 4.78 is 53.1. The van der Waals surface area contributed by atoms with Crippen molar-refractivity contribution in [3.63, 3.8) is 0 Å². The number of aliphatic carboxylic acids is 1. The van der Waals surface area contributed by atoms with Crippen LogP contribution in [-0.4, -0.2) is 145 Å². The van der Waals surface area contributed by atoms with Gasteiger partial charge < -0.3 is 52.8 Å². The van der Waals surface area contributed by atoms with Gasteiger partial charge in [0.15, 0.2) is 0 Å². The fourth-order valence-corrected chi connectivity index (χ4v) is 9.36. The molecule has 0 aromatic heterocycles. The number of cyclic esters (lactones) is 1. The molecule has 2 bridgehead atoms. The van der Waals surface area contributed by atoms with Crippen LogP contribution in [0.4, 0.5) is 0 Å². The molecule has 15 nitrogen and oxygen atoms in total. The number of carbonyl (C=O) groups is 4. The van der Waals surface area contributed by atoms with Crippen LogP contribution in [0.5, 0.6) is 0 Å². The zero-order valence-electron chi connectivity index (χ0n) is 42.7. The summed E-state index contributed by atoms with van der Waals surface area (Å²) in [6.07, 6.45) is 11.4. The van der Waals surface area contributed by atoms with Crippen LogP contribution < -0.4 is 0 Å². The van der Waals surface area contributed by atoms with Gasteiger partial charge in [0, 0.05) is 117 Å². The van der Waals surface area contributed by atoms with E-state index in [0.717, 1.165) is 5.57 Å². The summed E-state index contributed by atoms with van der Waals surface area (Å²) in [4.78, 5) is 51.1. The fourth-order valence-electron chi connectivity index (χ4n) is 9.36. The second-order valence-corrected chi connectivity index (χ2v) is 18.6. The number of carbonyl (C=O) groups excluding carboxylic acids is 3. The van der Waals surface area contributed by atoms with Gasteiger partial charge in [0.25, 0.3) is 0 Å². The first-order valence-electron chi connectivity index (χ1n) is 23.7. The number of ether oxygens (including phenoxy) is 9. The number of Topliss-reactive ketones (excluding diaryl/α,β-unsaturated/α-hetero) is 1. The Morgan fingerprint density at radius 2 is 1.36 bits per heavy atom. The highest BCUT2D eigenvalue weighted by atomic mass is 16.6. The Morgan fingerprint density at radius 1 is 0.746 bits per heavy atom. The number of carboxylic acid groups (broad SMARTS) is 1. The average Bonchev–Trinajstić information content (AvgIpc) is 3.30. The van der Waals surface area contributed by atoms with E-state index in [9.17, 15) is 24.3 Å². The molecule has 2 heterocycles. The van der Waals surface area contributed by atoms with Gasteiger partial charge in [-0.25, -0.2) is 9.59 Å². The van der Waals surface area contributed by atoms with E-state index in [1.807, 2.05) is 58.9 Å². The summed E-state index contributed by atoms with van der Waals surface area (Å²) in [5.74, 6) is -3.75. The molecule has 2 N–H and O–H groups in total. The van der Waals surface area contributed by atoms with Crippen LogP contribution in [0.1, 0.15) is 99.8 Å². The molecule has 0 fully saturated rings. The Bertz CT molecular complexity index is 1670. The van der Waals surface area contributed by atoms with Crippen molar-refractivity contribution >= 4 is 23.7 Å². The van der Waals surface area contributed by atoms with Gasteiger partial charge in [0.2, 0.25) is 0 Å². The number of hydrogen-bond acceptors (Lipinski definition) is 14. The third-order valence-electron chi connectivity index (χ3n) is 13.8. The number of ketones is 1. The molecule has 0 aromatic rings. The Balaban J connectivity index is 2.54. The van der Waals surface area contributed by atoms with Crippen LogP contribution >= 0.6 is 0 Å². The molecule has 67 heavy (non-hydrogen) atoms. The smallest absolute Gasteiger partial charge is 0.331 e. The summed E-state index contributed by atoms with van der Waals surface area (Å²) in [5.41, 5.74) is 1.39. The number of carboxylic acids is 1. The lowest BCUT2D eigenvalue weighted by atomic mass is 9.81. The van der Waals surface area contributed by atoms with Crippen LogP contribution in [-0.2, 0) is 61.8 Å². The molecular formula is C52H84O15. The van der Waals surface area contributed by atoms with Crippen molar-refractivity contribution in [3.8, 4) is 0 Å². The maximum Gasteiger partial charge on any atom is 0.331 e. The van der Waals surface area contributed by atoms with Crippen molar-refractivity contribution in [1.82, 2.24) is 0 Å². The number of rotatable bonds is 18. The fraction of sp³-hybridized carbons (Fsp3) is 0.731. The number of hydrogen-bond donors (Lipinski definition) is 2. The molecule has 0 spiro atoms. The predicted molar refractivity (Wildman–Crippen MR) is 255 cm³/mol. The highest BCUT2D eigenvalue weighted by molar-refractivity contribution is 5.84. The third-order valence-corrected chi connectivity index (χ3v) is 13.8. The highest BCUT2D eigenvalue weighted by Gasteiger charge is 2.40. The number of methoxy groups -OCH3 is 7. The lowest BCUT2D eigenvalue weighted by Gasteiger charge is -2.37. The number of aliphatic hydroxyl groups is 1. The first kappa shape index (κ1) is 59.6. The zero-order chi connectivity index (χ0) is 50.4. The van der Waals surface area contributed by atoms with Crippen molar-refractivity contribution in [2.24, 2.45) is 35.5 Å².